The first kappa shape index (κ1) is 12.2. The molecule has 0 aromatic heterocycles. The summed E-state index contributed by atoms with van der Waals surface area (Å²) < 4.78 is 5.20. The first-order valence-electron chi connectivity index (χ1n) is 6.30. The van der Waals surface area contributed by atoms with Crippen LogP contribution >= 0.6 is 0 Å². The zero-order chi connectivity index (χ0) is 13.9. The topological polar surface area (TPSA) is 92.7 Å². The molecule has 6 nitrogen and oxygen atoms in total. The quantitative estimate of drug-likeness (QED) is 0.557. The molecule has 3 aliphatic rings. The molecule has 3 rings (SSSR count). The summed E-state index contributed by atoms with van der Waals surface area (Å²) in [5.74, 6) is -2.65. The number of carbonyl (C=O) groups is 3. The maximum atomic E-state index is 11.8. The number of hydrogen-bond donors (Lipinski definition) is 2. The second kappa shape index (κ2) is 3.59. The maximum Gasteiger partial charge on any atom is 0.350 e. The summed E-state index contributed by atoms with van der Waals surface area (Å²) in [5, 5.41) is 12.2. The summed E-state index contributed by atoms with van der Waals surface area (Å²) in [5.41, 5.74) is -1.26. The lowest BCUT2D eigenvalue weighted by molar-refractivity contribution is -0.174. The zero-order valence-corrected chi connectivity index (χ0v) is 10.5. The molecule has 2 saturated carbocycles. The van der Waals surface area contributed by atoms with Crippen LogP contribution in [0.3, 0.4) is 0 Å². The highest BCUT2D eigenvalue weighted by Gasteiger charge is 2.74. The third-order valence-electron chi connectivity index (χ3n) is 4.66. The standard InChI is InChI=1S/C13H15NO5/c1-5(2)10(15)14-9-6-3-7-8(4-6)13(9,12(17)18)19-11(7)16/h6-9H,1,3-4H2,2H3,(H,14,15)(H,17,18). The number of esters is 1. The number of carboxylic acids is 1. The van der Waals surface area contributed by atoms with Crippen molar-refractivity contribution < 1.29 is 24.2 Å². The van der Waals surface area contributed by atoms with Gasteiger partial charge in [-0.3, -0.25) is 9.59 Å². The molecule has 5 unspecified atom stereocenters. The molecule has 2 aliphatic carbocycles. The van der Waals surface area contributed by atoms with Gasteiger partial charge in [0.25, 0.3) is 0 Å². The summed E-state index contributed by atoms with van der Waals surface area (Å²) in [6.45, 7) is 5.09. The van der Waals surface area contributed by atoms with E-state index in [0.29, 0.717) is 18.4 Å². The van der Waals surface area contributed by atoms with E-state index in [1.807, 2.05) is 0 Å². The Bertz CT molecular complexity index is 513. The van der Waals surface area contributed by atoms with Crippen LogP contribution in [0.1, 0.15) is 19.8 Å². The van der Waals surface area contributed by atoms with Gasteiger partial charge in [0.1, 0.15) is 0 Å². The minimum atomic E-state index is -1.57. The highest BCUT2D eigenvalue weighted by atomic mass is 16.6. The van der Waals surface area contributed by atoms with Crippen molar-refractivity contribution in [3.8, 4) is 0 Å². The first-order valence-corrected chi connectivity index (χ1v) is 6.30. The van der Waals surface area contributed by atoms with Crippen LogP contribution in [0.15, 0.2) is 12.2 Å². The minimum Gasteiger partial charge on any atom is -0.478 e. The predicted molar refractivity (Wildman–Crippen MR) is 62.9 cm³/mol. The van der Waals surface area contributed by atoms with Crippen LogP contribution < -0.4 is 5.32 Å². The largest absolute Gasteiger partial charge is 0.478 e. The number of carboxylic acid groups (broad SMARTS) is 1. The van der Waals surface area contributed by atoms with Gasteiger partial charge in [0.2, 0.25) is 11.5 Å². The molecule has 1 amide bonds. The smallest absolute Gasteiger partial charge is 0.350 e. The Morgan fingerprint density at radius 3 is 2.74 bits per heavy atom. The lowest BCUT2D eigenvalue weighted by Crippen LogP contribution is -2.60. The zero-order valence-electron chi connectivity index (χ0n) is 10.5. The van der Waals surface area contributed by atoms with E-state index in [1.165, 1.54) is 0 Å². The van der Waals surface area contributed by atoms with Gasteiger partial charge in [-0.05, 0) is 25.7 Å². The Labute approximate surface area is 109 Å². The molecule has 3 fully saturated rings. The van der Waals surface area contributed by atoms with Gasteiger partial charge in [0.05, 0.1) is 12.0 Å². The van der Waals surface area contributed by atoms with E-state index in [-0.39, 0.29) is 17.8 Å². The molecule has 0 aromatic rings. The SMILES string of the molecule is C=C(C)C(=O)NC1C2CC3C(=O)OC1(C(=O)O)C3C2. The number of hydrogen-bond acceptors (Lipinski definition) is 4. The second-order valence-corrected chi connectivity index (χ2v) is 5.70. The van der Waals surface area contributed by atoms with Crippen molar-refractivity contribution in [1.82, 2.24) is 5.32 Å². The van der Waals surface area contributed by atoms with Crippen molar-refractivity contribution in [1.29, 1.82) is 0 Å². The lowest BCUT2D eigenvalue weighted by Gasteiger charge is -2.34. The van der Waals surface area contributed by atoms with Crippen LogP contribution in [0.4, 0.5) is 0 Å². The molecule has 0 spiro atoms. The molecule has 2 N–H and O–H groups in total. The van der Waals surface area contributed by atoms with Crippen LogP contribution in [0.5, 0.6) is 0 Å². The molecule has 0 aromatic carbocycles. The van der Waals surface area contributed by atoms with Crippen molar-refractivity contribution in [2.24, 2.45) is 17.8 Å². The molecule has 2 bridgehead atoms. The van der Waals surface area contributed by atoms with Crippen LogP contribution in [-0.2, 0) is 19.1 Å². The van der Waals surface area contributed by atoms with E-state index < -0.39 is 29.5 Å². The highest BCUT2D eigenvalue weighted by molar-refractivity contribution is 5.95. The van der Waals surface area contributed by atoms with Crippen molar-refractivity contribution in [2.75, 3.05) is 0 Å². The third-order valence-corrected chi connectivity index (χ3v) is 4.66. The number of carbonyl (C=O) groups excluding carboxylic acids is 2. The Morgan fingerprint density at radius 2 is 2.16 bits per heavy atom. The van der Waals surface area contributed by atoms with E-state index in [9.17, 15) is 19.5 Å². The molecule has 0 radical (unpaired) electrons. The monoisotopic (exact) mass is 265 g/mol. The number of nitrogens with one attached hydrogen (secondary N) is 1. The Morgan fingerprint density at radius 1 is 1.47 bits per heavy atom. The third kappa shape index (κ3) is 1.34. The fraction of sp³-hybridized carbons (Fsp3) is 0.615. The fourth-order valence-electron chi connectivity index (χ4n) is 3.87. The summed E-state index contributed by atoms with van der Waals surface area (Å²) >= 11 is 0. The van der Waals surface area contributed by atoms with Gasteiger partial charge in [0.15, 0.2) is 0 Å². The van der Waals surface area contributed by atoms with Gasteiger partial charge in [-0.15, -0.1) is 0 Å². The Hall–Kier alpha value is -1.85. The van der Waals surface area contributed by atoms with Crippen LogP contribution in [-0.4, -0.2) is 34.6 Å². The van der Waals surface area contributed by atoms with E-state index in [0.717, 1.165) is 0 Å². The Balaban J connectivity index is 1.97. The first-order chi connectivity index (χ1) is 8.87. The van der Waals surface area contributed by atoms with Crippen molar-refractivity contribution in [3.63, 3.8) is 0 Å². The number of rotatable bonds is 3. The molecule has 5 atom stereocenters. The molecule has 19 heavy (non-hydrogen) atoms. The predicted octanol–water partition coefficient (Wildman–Crippen LogP) is 0.0835. The summed E-state index contributed by atoms with van der Waals surface area (Å²) in [4.78, 5) is 35.1. The summed E-state index contributed by atoms with van der Waals surface area (Å²) in [7, 11) is 0. The summed E-state index contributed by atoms with van der Waals surface area (Å²) in [6.07, 6.45) is 1.21. The normalized spacial score (nSPS) is 42.1. The molecule has 102 valence electrons. The maximum absolute atomic E-state index is 11.8. The van der Waals surface area contributed by atoms with Crippen molar-refractivity contribution in [2.45, 2.75) is 31.4 Å². The summed E-state index contributed by atoms with van der Waals surface area (Å²) in [6, 6.07) is -0.651. The molecular formula is C13H15NO5. The van der Waals surface area contributed by atoms with Crippen molar-refractivity contribution >= 4 is 17.8 Å². The molecule has 1 heterocycles. The molecule has 6 heteroatoms. The van der Waals surface area contributed by atoms with Gasteiger partial charge >= 0.3 is 11.9 Å². The Kier molecular flexibility index (Phi) is 2.30. The van der Waals surface area contributed by atoms with Crippen LogP contribution in [0, 0.1) is 17.8 Å². The minimum absolute atomic E-state index is 0.0131. The average molecular weight is 265 g/mol. The molecule has 1 aliphatic heterocycles. The van der Waals surface area contributed by atoms with Gasteiger partial charge in [0, 0.05) is 11.5 Å². The van der Waals surface area contributed by atoms with Gasteiger partial charge < -0.3 is 15.2 Å². The van der Waals surface area contributed by atoms with Gasteiger partial charge in [-0.1, -0.05) is 6.58 Å². The van der Waals surface area contributed by atoms with E-state index >= 15 is 0 Å². The number of amides is 1. The number of ether oxygens (including phenoxy) is 1. The van der Waals surface area contributed by atoms with E-state index in [4.69, 9.17) is 4.74 Å². The fourth-order valence-corrected chi connectivity index (χ4v) is 3.87. The van der Waals surface area contributed by atoms with Gasteiger partial charge in [-0.2, -0.15) is 0 Å². The van der Waals surface area contributed by atoms with Crippen molar-refractivity contribution in [3.05, 3.63) is 12.2 Å². The lowest BCUT2D eigenvalue weighted by atomic mass is 9.76. The van der Waals surface area contributed by atoms with E-state index in [1.54, 1.807) is 6.92 Å². The van der Waals surface area contributed by atoms with Crippen LogP contribution in [0.25, 0.3) is 0 Å². The van der Waals surface area contributed by atoms with Gasteiger partial charge in [-0.25, -0.2) is 4.79 Å². The van der Waals surface area contributed by atoms with E-state index in [2.05, 4.69) is 11.9 Å². The number of fused-ring (bicyclic) bond motifs is 1. The molecule has 1 saturated heterocycles. The average Bonchev–Trinajstić information content (AvgIpc) is 2.91. The van der Waals surface area contributed by atoms with Crippen LogP contribution in [0.2, 0.25) is 0 Å². The number of aliphatic carboxylic acids is 1. The molecular weight excluding hydrogens is 250 g/mol. The highest BCUT2D eigenvalue weighted by Crippen LogP contribution is 2.60. The second-order valence-electron chi connectivity index (χ2n) is 5.70.